The molecule has 4 nitrogen and oxygen atoms in total. The van der Waals surface area contributed by atoms with E-state index in [2.05, 4.69) is 10.2 Å². The summed E-state index contributed by atoms with van der Waals surface area (Å²) in [6.45, 7) is 3.14. The van der Waals surface area contributed by atoms with Crippen LogP contribution in [0.5, 0.6) is 0 Å². The predicted molar refractivity (Wildman–Crippen MR) is 67.7 cm³/mol. The van der Waals surface area contributed by atoms with E-state index in [1.807, 2.05) is 31.3 Å². The summed E-state index contributed by atoms with van der Waals surface area (Å²) in [5.74, 6) is -0.0516. The van der Waals surface area contributed by atoms with Gasteiger partial charge in [0, 0.05) is 31.9 Å². The van der Waals surface area contributed by atoms with Gasteiger partial charge in [-0.2, -0.15) is 0 Å². The second-order valence-electron chi connectivity index (χ2n) is 3.79. The van der Waals surface area contributed by atoms with Gasteiger partial charge in [0.25, 0.3) is 0 Å². The second-order valence-corrected chi connectivity index (χ2v) is 3.79. The first-order chi connectivity index (χ1) is 7.63. The number of benzene rings is 1. The molecule has 88 valence electrons. The average molecular weight is 221 g/mol. The first-order valence-corrected chi connectivity index (χ1v) is 5.42. The lowest BCUT2D eigenvalue weighted by Gasteiger charge is -2.19. The van der Waals surface area contributed by atoms with Crippen LogP contribution in [-0.4, -0.2) is 26.0 Å². The molecule has 0 saturated heterocycles. The second kappa shape index (κ2) is 6.12. The number of hydrogen-bond acceptors (Lipinski definition) is 3. The summed E-state index contributed by atoms with van der Waals surface area (Å²) in [6, 6.07) is 7.77. The fraction of sp³-hybridized carbons (Fsp3) is 0.417. The van der Waals surface area contributed by atoms with Gasteiger partial charge in [0.15, 0.2) is 0 Å². The highest BCUT2D eigenvalue weighted by atomic mass is 16.1. The minimum Gasteiger partial charge on any atom is -0.375 e. The van der Waals surface area contributed by atoms with Crippen LogP contribution in [0.2, 0.25) is 0 Å². The van der Waals surface area contributed by atoms with E-state index in [1.54, 1.807) is 0 Å². The van der Waals surface area contributed by atoms with Crippen molar-refractivity contribution >= 4 is 17.3 Å². The lowest BCUT2D eigenvalue weighted by Crippen LogP contribution is -2.20. The van der Waals surface area contributed by atoms with E-state index in [-0.39, 0.29) is 5.91 Å². The molecule has 0 bridgehead atoms. The Bertz CT molecular complexity index is 335. The Labute approximate surface area is 96.4 Å². The van der Waals surface area contributed by atoms with Gasteiger partial charge in [0.1, 0.15) is 0 Å². The van der Waals surface area contributed by atoms with Crippen LogP contribution in [0.25, 0.3) is 0 Å². The monoisotopic (exact) mass is 221 g/mol. The number of hydrogen-bond donors (Lipinski definition) is 2. The molecule has 0 aliphatic rings. The van der Waals surface area contributed by atoms with Crippen LogP contribution in [0.3, 0.4) is 0 Å². The van der Waals surface area contributed by atoms with Crippen molar-refractivity contribution in [3.63, 3.8) is 0 Å². The van der Waals surface area contributed by atoms with Crippen molar-refractivity contribution in [3.05, 3.63) is 24.3 Å². The molecular weight excluding hydrogens is 202 g/mol. The first kappa shape index (κ1) is 12.5. The van der Waals surface area contributed by atoms with Crippen molar-refractivity contribution in [1.29, 1.82) is 0 Å². The van der Waals surface area contributed by atoms with Gasteiger partial charge in [0.05, 0.1) is 0 Å². The number of rotatable bonds is 5. The molecule has 1 rings (SSSR count). The molecule has 0 saturated carbocycles. The van der Waals surface area contributed by atoms with Crippen molar-refractivity contribution in [3.8, 4) is 0 Å². The van der Waals surface area contributed by atoms with E-state index in [9.17, 15) is 4.79 Å². The van der Waals surface area contributed by atoms with E-state index in [1.165, 1.54) is 6.92 Å². The van der Waals surface area contributed by atoms with E-state index in [0.717, 1.165) is 24.3 Å². The Balaban J connectivity index is 2.59. The zero-order chi connectivity index (χ0) is 12.0. The van der Waals surface area contributed by atoms with Gasteiger partial charge < -0.3 is 16.0 Å². The molecule has 1 aromatic carbocycles. The minimum atomic E-state index is -0.0516. The molecule has 0 spiro atoms. The Morgan fingerprint density at radius 2 is 2.00 bits per heavy atom. The molecule has 4 heteroatoms. The van der Waals surface area contributed by atoms with Gasteiger partial charge in [-0.05, 0) is 37.2 Å². The highest BCUT2D eigenvalue weighted by Crippen LogP contribution is 2.16. The molecule has 1 aromatic rings. The largest absolute Gasteiger partial charge is 0.375 e. The highest BCUT2D eigenvalue weighted by molar-refractivity contribution is 5.88. The molecule has 3 N–H and O–H groups in total. The fourth-order valence-electron chi connectivity index (χ4n) is 1.46. The zero-order valence-corrected chi connectivity index (χ0v) is 9.86. The van der Waals surface area contributed by atoms with Crippen LogP contribution in [-0.2, 0) is 4.79 Å². The zero-order valence-electron chi connectivity index (χ0n) is 9.86. The summed E-state index contributed by atoms with van der Waals surface area (Å²) >= 11 is 0. The quantitative estimate of drug-likeness (QED) is 0.790. The lowest BCUT2D eigenvalue weighted by atomic mass is 10.2. The van der Waals surface area contributed by atoms with Crippen molar-refractivity contribution < 1.29 is 4.79 Å². The molecule has 0 heterocycles. The SMILES string of the molecule is CC(=O)Nc1ccc(N(C)CCCN)cc1. The van der Waals surface area contributed by atoms with Crippen LogP contribution < -0.4 is 16.0 Å². The molecule has 0 aliphatic carbocycles. The maximum absolute atomic E-state index is 10.8. The molecule has 0 atom stereocenters. The van der Waals surface area contributed by atoms with E-state index < -0.39 is 0 Å². The normalized spacial score (nSPS) is 9.94. The maximum atomic E-state index is 10.8. The van der Waals surface area contributed by atoms with Crippen molar-refractivity contribution in [2.45, 2.75) is 13.3 Å². The average Bonchev–Trinajstić information content (AvgIpc) is 2.26. The van der Waals surface area contributed by atoms with E-state index >= 15 is 0 Å². The van der Waals surface area contributed by atoms with Gasteiger partial charge in [-0.15, -0.1) is 0 Å². The van der Waals surface area contributed by atoms with Crippen LogP contribution in [0.4, 0.5) is 11.4 Å². The third-order valence-corrected chi connectivity index (χ3v) is 2.33. The van der Waals surface area contributed by atoms with E-state index in [0.29, 0.717) is 6.54 Å². The highest BCUT2D eigenvalue weighted by Gasteiger charge is 2.00. The number of amides is 1. The standard InChI is InChI=1S/C12H19N3O/c1-10(16)14-11-4-6-12(7-5-11)15(2)9-3-8-13/h4-7H,3,8-9,13H2,1-2H3,(H,14,16). The van der Waals surface area contributed by atoms with Crippen molar-refractivity contribution in [2.24, 2.45) is 5.73 Å². The molecule has 0 radical (unpaired) electrons. The van der Waals surface area contributed by atoms with Gasteiger partial charge in [-0.25, -0.2) is 0 Å². The minimum absolute atomic E-state index is 0.0516. The molecule has 0 aromatic heterocycles. The molecule has 0 fully saturated rings. The lowest BCUT2D eigenvalue weighted by molar-refractivity contribution is -0.114. The summed E-state index contributed by atoms with van der Waals surface area (Å²) in [5.41, 5.74) is 7.41. The van der Waals surface area contributed by atoms with Crippen LogP contribution in [0, 0.1) is 0 Å². The fourth-order valence-corrected chi connectivity index (χ4v) is 1.46. The van der Waals surface area contributed by atoms with Gasteiger partial charge >= 0.3 is 0 Å². The Kier molecular flexibility index (Phi) is 4.79. The Hall–Kier alpha value is -1.55. The molecule has 16 heavy (non-hydrogen) atoms. The first-order valence-electron chi connectivity index (χ1n) is 5.42. The molecular formula is C12H19N3O. The Morgan fingerprint density at radius 1 is 1.38 bits per heavy atom. The van der Waals surface area contributed by atoms with Gasteiger partial charge in [0.2, 0.25) is 5.91 Å². The smallest absolute Gasteiger partial charge is 0.221 e. The number of carbonyl (C=O) groups is 1. The topological polar surface area (TPSA) is 58.4 Å². The number of nitrogens with zero attached hydrogens (tertiary/aromatic N) is 1. The van der Waals surface area contributed by atoms with Crippen LogP contribution >= 0.6 is 0 Å². The summed E-state index contributed by atoms with van der Waals surface area (Å²) < 4.78 is 0. The predicted octanol–water partition coefficient (Wildman–Crippen LogP) is 1.43. The van der Waals surface area contributed by atoms with Crippen LogP contribution in [0.15, 0.2) is 24.3 Å². The third-order valence-electron chi connectivity index (χ3n) is 2.33. The number of anilines is 2. The van der Waals surface area contributed by atoms with Gasteiger partial charge in [-0.1, -0.05) is 0 Å². The van der Waals surface area contributed by atoms with Gasteiger partial charge in [-0.3, -0.25) is 4.79 Å². The van der Waals surface area contributed by atoms with E-state index in [4.69, 9.17) is 5.73 Å². The summed E-state index contributed by atoms with van der Waals surface area (Å²) in [6.07, 6.45) is 0.976. The molecule has 0 unspecified atom stereocenters. The summed E-state index contributed by atoms with van der Waals surface area (Å²) in [4.78, 5) is 13.0. The molecule has 1 amide bonds. The summed E-state index contributed by atoms with van der Waals surface area (Å²) in [7, 11) is 2.03. The number of nitrogens with two attached hydrogens (primary N) is 1. The maximum Gasteiger partial charge on any atom is 0.221 e. The van der Waals surface area contributed by atoms with Crippen LogP contribution in [0.1, 0.15) is 13.3 Å². The summed E-state index contributed by atoms with van der Waals surface area (Å²) in [5, 5.41) is 2.74. The number of nitrogens with one attached hydrogen (secondary N) is 1. The van der Waals surface area contributed by atoms with Crippen molar-refractivity contribution in [2.75, 3.05) is 30.4 Å². The molecule has 0 aliphatic heterocycles. The van der Waals surface area contributed by atoms with Crippen molar-refractivity contribution in [1.82, 2.24) is 0 Å². The number of carbonyl (C=O) groups excluding carboxylic acids is 1. The third kappa shape index (κ3) is 3.90. The Morgan fingerprint density at radius 3 is 2.50 bits per heavy atom.